The molecule has 156 valence electrons. The molecule has 0 saturated heterocycles. The van der Waals surface area contributed by atoms with Gasteiger partial charge in [0.2, 0.25) is 0 Å². The number of ether oxygens (including phenoxy) is 3. The summed E-state index contributed by atoms with van der Waals surface area (Å²) in [7, 11) is 0. The van der Waals surface area contributed by atoms with Crippen molar-refractivity contribution < 1.29 is 14.2 Å². The van der Waals surface area contributed by atoms with Gasteiger partial charge in [0, 0.05) is 6.21 Å². The van der Waals surface area contributed by atoms with Crippen LogP contribution in [0.15, 0.2) is 70.1 Å². The number of aliphatic imine (C=N–C) groups is 1. The van der Waals surface area contributed by atoms with Gasteiger partial charge in [-0.3, -0.25) is 4.99 Å². The van der Waals surface area contributed by atoms with E-state index in [9.17, 15) is 0 Å². The molecule has 0 amide bonds. The van der Waals surface area contributed by atoms with Crippen molar-refractivity contribution >= 4 is 27.8 Å². The largest absolute Gasteiger partial charge is 0.494 e. The molecule has 0 heterocycles. The Labute approximate surface area is 186 Å². The fraction of sp³-hybridized carbons (Fsp3) is 0.240. The van der Waals surface area contributed by atoms with Crippen LogP contribution in [0, 0.1) is 6.92 Å². The van der Waals surface area contributed by atoms with Crippen LogP contribution in [0.1, 0.15) is 30.5 Å². The van der Waals surface area contributed by atoms with E-state index in [0.29, 0.717) is 31.3 Å². The van der Waals surface area contributed by atoms with Crippen LogP contribution < -0.4 is 14.2 Å². The summed E-state index contributed by atoms with van der Waals surface area (Å²) in [6.07, 6.45) is 1.81. The van der Waals surface area contributed by atoms with Crippen LogP contribution in [0.25, 0.3) is 0 Å². The maximum atomic E-state index is 6.07. The minimum atomic E-state index is 0.471. The Balaban J connectivity index is 1.76. The van der Waals surface area contributed by atoms with Crippen molar-refractivity contribution in [1.29, 1.82) is 0 Å². The van der Waals surface area contributed by atoms with Gasteiger partial charge in [-0.1, -0.05) is 29.8 Å². The molecule has 0 atom stereocenters. The van der Waals surface area contributed by atoms with Crippen molar-refractivity contribution in [2.75, 3.05) is 13.2 Å². The Hall–Kier alpha value is -2.79. The Morgan fingerprint density at radius 2 is 1.57 bits per heavy atom. The molecular formula is C25H26BrNO3. The highest BCUT2D eigenvalue weighted by Gasteiger charge is 2.12. The van der Waals surface area contributed by atoms with E-state index in [-0.39, 0.29) is 0 Å². The summed E-state index contributed by atoms with van der Waals surface area (Å²) in [6, 6.07) is 19.9. The molecule has 0 unspecified atom stereocenters. The summed E-state index contributed by atoms with van der Waals surface area (Å²) in [5.41, 5.74) is 4.11. The Bertz CT molecular complexity index is 983. The second-order valence-electron chi connectivity index (χ2n) is 6.72. The normalized spacial score (nSPS) is 10.9. The molecule has 0 aliphatic carbocycles. The molecule has 0 bridgehead atoms. The number of hydrogen-bond acceptors (Lipinski definition) is 4. The molecule has 0 fully saturated rings. The van der Waals surface area contributed by atoms with E-state index in [4.69, 9.17) is 14.2 Å². The van der Waals surface area contributed by atoms with Gasteiger partial charge in [0.15, 0.2) is 11.5 Å². The minimum absolute atomic E-state index is 0.471. The van der Waals surface area contributed by atoms with Gasteiger partial charge < -0.3 is 14.2 Å². The summed E-state index contributed by atoms with van der Waals surface area (Å²) in [4.78, 5) is 4.55. The number of halogens is 1. The van der Waals surface area contributed by atoms with Crippen LogP contribution in [-0.4, -0.2) is 19.4 Å². The summed E-state index contributed by atoms with van der Waals surface area (Å²) in [5.74, 6) is 2.22. The molecule has 0 N–H and O–H groups in total. The molecular weight excluding hydrogens is 442 g/mol. The second-order valence-corrected chi connectivity index (χ2v) is 7.58. The van der Waals surface area contributed by atoms with Crippen molar-refractivity contribution in [2.24, 2.45) is 4.99 Å². The number of aryl methyl sites for hydroxylation is 1. The first kappa shape index (κ1) is 21.9. The minimum Gasteiger partial charge on any atom is -0.494 e. The Kier molecular flexibility index (Phi) is 7.91. The lowest BCUT2D eigenvalue weighted by Crippen LogP contribution is -2.01. The third-order valence-corrected chi connectivity index (χ3v) is 4.93. The van der Waals surface area contributed by atoms with Crippen molar-refractivity contribution in [2.45, 2.75) is 27.4 Å². The van der Waals surface area contributed by atoms with Crippen LogP contribution >= 0.6 is 15.9 Å². The standard InChI is InChI=1S/C25H26BrNO3/c1-4-28-22-12-10-21(11-13-22)27-16-20-14-23(26)25(24(15-20)29-5-2)30-17-19-8-6-18(3)7-9-19/h6-16H,4-5,17H2,1-3H3. The zero-order chi connectivity index (χ0) is 21.3. The third-order valence-electron chi connectivity index (χ3n) is 4.35. The molecule has 0 aliphatic heterocycles. The van der Waals surface area contributed by atoms with E-state index in [1.165, 1.54) is 5.56 Å². The lowest BCUT2D eigenvalue weighted by molar-refractivity contribution is 0.267. The summed E-state index contributed by atoms with van der Waals surface area (Å²) in [5, 5.41) is 0. The monoisotopic (exact) mass is 467 g/mol. The van der Waals surface area contributed by atoms with E-state index in [1.807, 2.05) is 56.5 Å². The Morgan fingerprint density at radius 3 is 2.23 bits per heavy atom. The molecule has 0 aromatic heterocycles. The number of benzene rings is 3. The van der Waals surface area contributed by atoms with Gasteiger partial charge in [0.1, 0.15) is 12.4 Å². The highest BCUT2D eigenvalue weighted by molar-refractivity contribution is 9.10. The maximum Gasteiger partial charge on any atom is 0.175 e. The molecule has 3 aromatic carbocycles. The molecule has 3 aromatic rings. The van der Waals surface area contributed by atoms with Gasteiger partial charge in [-0.25, -0.2) is 0 Å². The van der Waals surface area contributed by atoms with Crippen LogP contribution in [-0.2, 0) is 6.61 Å². The van der Waals surface area contributed by atoms with Crippen LogP contribution in [0.4, 0.5) is 5.69 Å². The zero-order valence-corrected chi connectivity index (χ0v) is 19.1. The number of hydrogen-bond donors (Lipinski definition) is 0. The van der Waals surface area contributed by atoms with Gasteiger partial charge in [-0.15, -0.1) is 0 Å². The van der Waals surface area contributed by atoms with Crippen LogP contribution in [0.2, 0.25) is 0 Å². The average molecular weight is 468 g/mol. The number of nitrogens with zero attached hydrogens (tertiary/aromatic N) is 1. The van der Waals surface area contributed by atoms with E-state index in [1.54, 1.807) is 0 Å². The molecule has 0 radical (unpaired) electrons. The molecule has 5 heteroatoms. The highest BCUT2D eigenvalue weighted by atomic mass is 79.9. The summed E-state index contributed by atoms with van der Waals surface area (Å²) >= 11 is 3.62. The van der Waals surface area contributed by atoms with Gasteiger partial charge in [-0.05, 0) is 84.2 Å². The second kappa shape index (κ2) is 10.8. The predicted molar refractivity (Wildman–Crippen MR) is 126 cm³/mol. The lowest BCUT2D eigenvalue weighted by Gasteiger charge is -2.15. The average Bonchev–Trinajstić information content (AvgIpc) is 2.74. The summed E-state index contributed by atoms with van der Waals surface area (Å²) in [6.45, 7) is 7.66. The van der Waals surface area contributed by atoms with Crippen LogP contribution in [0.5, 0.6) is 17.2 Å². The zero-order valence-electron chi connectivity index (χ0n) is 17.5. The first-order valence-corrected chi connectivity index (χ1v) is 10.8. The van der Waals surface area contributed by atoms with Gasteiger partial charge in [0.05, 0.1) is 23.4 Å². The maximum absolute atomic E-state index is 6.07. The fourth-order valence-corrected chi connectivity index (χ4v) is 3.42. The molecule has 0 spiro atoms. The van der Waals surface area contributed by atoms with E-state index in [0.717, 1.165) is 27.0 Å². The van der Waals surface area contributed by atoms with E-state index in [2.05, 4.69) is 52.1 Å². The molecule has 0 saturated carbocycles. The first-order valence-electron chi connectivity index (χ1n) is 10.0. The van der Waals surface area contributed by atoms with Gasteiger partial charge in [0.25, 0.3) is 0 Å². The quantitative estimate of drug-likeness (QED) is 0.321. The third kappa shape index (κ3) is 6.10. The van der Waals surface area contributed by atoms with Crippen molar-refractivity contribution in [1.82, 2.24) is 0 Å². The molecule has 3 rings (SSSR count). The fourth-order valence-electron chi connectivity index (χ4n) is 2.85. The summed E-state index contributed by atoms with van der Waals surface area (Å²) < 4.78 is 18.2. The Morgan fingerprint density at radius 1 is 0.867 bits per heavy atom. The van der Waals surface area contributed by atoms with Crippen LogP contribution in [0.3, 0.4) is 0 Å². The van der Waals surface area contributed by atoms with Gasteiger partial charge >= 0.3 is 0 Å². The highest BCUT2D eigenvalue weighted by Crippen LogP contribution is 2.37. The van der Waals surface area contributed by atoms with E-state index >= 15 is 0 Å². The SMILES string of the molecule is CCOc1ccc(N=Cc2cc(Br)c(OCc3ccc(C)cc3)c(OCC)c2)cc1. The topological polar surface area (TPSA) is 40.0 Å². The molecule has 0 aliphatic rings. The van der Waals surface area contributed by atoms with Crippen molar-refractivity contribution in [3.63, 3.8) is 0 Å². The smallest absolute Gasteiger partial charge is 0.175 e. The predicted octanol–water partition coefficient (Wildman–Crippen LogP) is 6.88. The van der Waals surface area contributed by atoms with Crippen molar-refractivity contribution in [3.8, 4) is 17.2 Å². The lowest BCUT2D eigenvalue weighted by atomic mass is 10.1. The van der Waals surface area contributed by atoms with Gasteiger partial charge in [-0.2, -0.15) is 0 Å². The first-order chi connectivity index (χ1) is 14.6. The van der Waals surface area contributed by atoms with Crippen molar-refractivity contribution in [3.05, 3.63) is 81.8 Å². The molecule has 30 heavy (non-hydrogen) atoms. The molecule has 4 nitrogen and oxygen atoms in total. The van der Waals surface area contributed by atoms with E-state index < -0.39 is 0 Å². The number of rotatable bonds is 9.